The molecular formula is C8H13NO5S2. The number of aliphatic carboxylic acids is 1. The van der Waals surface area contributed by atoms with Crippen LogP contribution in [-0.2, 0) is 19.4 Å². The number of rotatable bonds is 3. The molecule has 92 valence electrons. The lowest BCUT2D eigenvalue weighted by Crippen LogP contribution is -2.47. The van der Waals surface area contributed by atoms with Gasteiger partial charge in [0, 0.05) is 12.0 Å². The Morgan fingerprint density at radius 2 is 2.06 bits per heavy atom. The van der Waals surface area contributed by atoms with Crippen LogP contribution >= 0.6 is 11.8 Å². The van der Waals surface area contributed by atoms with Crippen molar-refractivity contribution in [2.24, 2.45) is 0 Å². The molecule has 0 aliphatic carbocycles. The van der Waals surface area contributed by atoms with Gasteiger partial charge in [-0.1, -0.05) is 0 Å². The molecule has 1 N–H and O–H groups in total. The van der Waals surface area contributed by atoms with Crippen LogP contribution in [0.3, 0.4) is 0 Å². The zero-order chi connectivity index (χ0) is 12.5. The van der Waals surface area contributed by atoms with E-state index in [9.17, 15) is 18.0 Å². The molecule has 0 bridgehead atoms. The molecule has 6 nitrogen and oxygen atoms in total. The molecule has 0 aromatic heterocycles. The van der Waals surface area contributed by atoms with Crippen molar-refractivity contribution >= 4 is 33.5 Å². The first kappa shape index (κ1) is 13.3. The van der Waals surface area contributed by atoms with Crippen LogP contribution in [0.4, 0.5) is 0 Å². The van der Waals surface area contributed by atoms with E-state index in [0.717, 1.165) is 11.2 Å². The van der Waals surface area contributed by atoms with E-state index < -0.39 is 33.0 Å². The van der Waals surface area contributed by atoms with Crippen LogP contribution in [0.5, 0.6) is 0 Å². The van der Waals surface area contributed by atoms with Crippen LogP contribution in [0.25, 0.3) is 0 Å². The second kappa shape index (κ2) is 4.62. The highest BCUT2D eigenvalue weighted by Gasteiger charge is 2.38. The molecule has 0 aromatic carbocycles. The number of hydrogen-bond acceptors (Lipinski definition) is 5. The van der Waals surface area contributed by atoms with E-state index in [4.69, 9.17) is 5.11 Å². The zero-order valence-electron chi connectivity index (χ0n) is 8.91. The van der Waals surface area contributed by atoms with E-state index in [2.05, 4.69) is 0 Å². The second-order valence-corrected chi connectivity index (χ2v) is 7.00. The zero-order valence-corrected chi connectivity index (χ0v) is 10.5. The van der Waals surface area contributed by atoms with Crippen molar-refractivity contribution in [3.05, 3.63) is 0 Å². The summed E-state index contributed by atoms with van der Waals surface area (Å²) >= 11 is 1.30. The van der Waals surface area contributed by atoms with Crippen molar-refractivity contribution in [3.63, 3.8) is 0 Å². The molecule has 1 saturated heterocycles. The minimum atomic E-state index is -3.48. The van der Waals surface area contributed by atoms with Gasteiger partial charge in [0.2, 0.25) is 5.91 Å². The second-order valence-electron chi connectivity index (χ2n) is 3.63. The standard InChI is InChI=1S/C8H13NO5S2/c1-5(16(2,13)14)7(10)9-4-15-3-6(9)8(11)12/h5-6H,3-4H2,1-2H3,(H,11,12)/t5?,6-/m0/s1. The average Bonchev–Trinajstić information content (AvgIpc) is 2.62. The summed E-state index contributed by atoms with van der Waals surface area (Å²) in [5.41, 5.74) is 0. The van der Waals surface area contributed by atoms with E-state index in [1.807, 2.05) is 0 Å². The van der Waals surface area contributed by atoms with Crippen molar-refractivity contribution in [2.75, 3.05) is 17.9 Å². The van der Waals surface area contributed by atoms with Crippen LogP contribution < -0.4 is 0 Å². The van der Waals surface area contributed by atoms with E-state index >= 15 is 0 Å². The van der Waals surface area contributed by atoms with Gasteiger partial charge in [0.15, 0.2) is 9.84 Å². The van der Waals surface area contributed by atoms with E-state index in [1.54, 1.807) is 0 Å². The molecule has 1 heterocycles. The highest BCUT2D eigenvalue weighted by molar-refractivity contribution is 7.99. The van der Waals surface area contributed by atoms with Crippen LogP contribution in [0, 0.1) is 0 Å². The first-order valence-corrected chi connectivity index (χ1v) is 7.66. The summed E-state index contributed by atoms with van der Waals surface area (Å²) in [5, 5.41) is 7.67. The number of amides is 1. The summed E-state index contributed by atoms with van der Waals surface area (Å²) in [5.74, 6) is -1.20. The van der Waals surface area contributed by atoms with Gasteiger partial charge in [-0.25, -0.2) is 13.2 Å². The van der Waals surface area contributed by atoms with E-state index in [0.29, 0.717) is 5.75 Å². The lowest BCUT2D eigenvalue weighted by molar-refractivity contribution is -0.147. The summed E-state index contributed by atoms with van der Waals surface area (Å²) in [4.78, 5) is 23.7. The lowest BCUT2D eigenvalue weighted by Gasteiger charge is -2.23. The third-order valence-electron chi connectivity index (χ3n) is 2.44. The van der Waals surface area contributed by atoms with Gasteiger partial charge < -0.3 is 10.0 Å². The van der Waals surface area contributed by atoms with Gasteiger partial charge in [-0.05, 0) is 6.92 Å². The number of carboxylic acid groups (broad SMARTS) is 1. The summed E-state index contributed by atoms with van der Waals surface area (Å²) in [6, 6.07) is -0.915. The van der Waals surface area contributed by atoms with Gasteiger partial charge in [0.1, 0.15) is 11.3 Å². The van der Waals surface area contributed by atoms with Crippen molar-refractivity contribution < 1.29 is 23.1 Å². The maximum Gasteiger partial charge on any atom is 0.327 e. The molecular weight excluding hydrogens is 254 g/mol. The molecule has 1 unspecified atom stereocenters. The van der Waals surface area contributed by atoms with E-state index in [1.165, 1.54) is 18.7 Å². The Morgan fingerprint density at radius 1 is 1.50 bits per heavy atom. The topological polar surface area (TPSA) is 91.8 Å². The number of sulfone groups is 1. The predicted molar refractivity (Wildman–Crippen MR) is 59.9 cm³/mol. The van der Waals surface area contributed by atoms with Crippen LogP contribution in [0.15, 0.2) is 0 Å². The highest BCUT2D eigenvalue weighted by atomic mass is 32.2. The van der Waals surface area contributed by atoms with Crippen molar-refractivity contribution in [1.82, 2.24) is 4.90 Å². The predicted octanol–water partition coefficient (Wildman–Crippen LogP) is -0.594. The molecule has 0 radical (unpaired) electrons. The Hall–Kier alpha value is -0.760. The monoisotopic (exact) mass is 267 g/mol. The summed E-state index contributed by atoms with van der Waals surface area (Å²) in [6.45, 7) is 1.28. The van der Waals surface area contributed by atoms with Crippen molar-refractivity contribution in [3.8, 4) is 0 Å². The first-order chi connectivity index (χ1) is 7.25. The highest BCUT2D eigenvalue weighted by Crippen LogP contribution is 2.22. The van der Waals surface area contributed by atoms with Crippen LogP contribution in [-0.4, -0.2) is 59.5 Å². The van der Waals surface area contributed by atoms with Gasteiger partial charge in [-0.3, -0.25) is 4.79 Å². The average molecular weight is 267 g/mol. The SMILES string of the molecule is CC(C(=O)N1CSC[C@H]1C(=O)O)S(C)(=O)=O. The summed E-state index contributed by atoms with van der Waals surface area (Å²) in [7, 11) is -3.48. The Labute approximate surface area is 97.9 Å². The third-order valence-corrected chi connectivity index (χ3v) is 4.94. The Balaban J connectivity index is 2.86. The maximum atomic E-state index is 11.8. The van der Waals surface area contributed by atoms with Crippen molar-refractivity contribution in [2.45, 2.75) is 18.2 Å². The smallest absolute Gasteiger partial charge is 0.327 e. The fourth-order valence-corrected chi connectivity index (χ4v) is 2.94. The number of carbonyl (C=O) groups is 2. The normalized spacial score (nSPS) is 23.1. The Bertz CT molecular complexity index is 405. The minimum Gasteiger partial charge on any atom is -0.480 e. The van der Waals surface area contributed by atoms with Gasteiger partial charge in [0.05, 0.1) is 5.88 Å². The minimum absolute atomic E-state index is 0.232. The number of carboxylic acids is 1. The van der Waals surface area contributed by atoms with Crippen LogP contribution in [0.2, 0.25) is 0 Å². The molecule has 0 spiro atoms. The number of carbonyl (C=O) groups excluding carboxylic acids is 1. The molecule has 1 aliphatic rings. The maximum absolute atomic E-state index is 11.8. The molecule has 1 aliphatic heterocycles. The van der Waals surface area contributed by atoms with E-state index in [-0.39, 0.29) is 5.88 Å². The molecule has 0 saturated carbocycles. The van der Waals surface area contributed by atoms with Gasteiger partial charge in [-0.2, -0.15) is 0 Å². The molecule has 16 heavy (non-hydrogen) atoms. The van der Waals surface area contributed by atoms with Gasteiger partial charge in [-0.15, -0.1) is 11.8 Å². The quantitative estimate of drug-likeness (QED) is 0.734. The number of hydrogen-bond donors (Lipinski definition) is 1. The lowest BCUT2D eigenvalue weighted by atomic mass is 10.3. The van der Waals surface area contributed by atoms with Crippen molar-refractivity contribution in [1.29, 1.82) is 0 Å². The Morgan fingerprint density at radius 3 is 2.50 bits per heavy atom. The molecule has 0 aromatic rings. The largest absolute Gasteiger partial charge is 0.480 e. The molecule has 8 heteroatoms. The van der Waals surface area contributed by atoms with Crippen LogP contribution in [0.1, 0.15) is 6.92 Å². The first-order valence-electron chi connectivity index (χ1n) is 4.55. The number of thioether (sulfide) groups is 1. The molecule has 2 atom stereocenters. The molecule has 1 fully saturated rings. The fraction of sp³-hybridized carbons (Fsp3) is 0.750. The molecule has 1 amide bonds. The van der Waals surface area contributed by atoms with Gasteiger partial charge >= 0.3 is 5.97 Å². The Kier molecular flexibility index (Phi) is 3.84. The summed E-state index contributed by atoms with van der Waals surface area (Å²) < 4.78 is 22.4. The molecule has 1 rings (SSSR count). The fourth-order valence-electron chi connectivity index (χ4n) is 1.28. The third kappa shape index (κ3) is 2.67. The summed E-state index contributed by atoms with van der Waals surface area (Å²) in [6.07, 6.45) is 0.967. The van der Waals surface area contributed by atoms with Gasteiger partial charge in [0.25, 0.3) is 0 Å². The number of nitrogens with zero attached hydrogens (tertiary/aromatic N) is 1.